The number of aryl methyl sites for hydroxylation is 1. The first-order chi connectivity index (χ1) is 19.0. The highest BCUT2D eigenvalue weighted by atomic mass is 19.4. The van der Waals surface area contributed by atoms with Crippen molar-refractivity contribution in [2.45, 2.75) is 38.0 Å². The number of hydrogen-bond acceptors (Lipinski definition) is 10. The largest absolute Gasteiger partial charge is 0.454 e. The minimum atomic E-state index is -4.65. The molecule has 4 heterocycles. The first kappa shape index (κ1) is 28.9. The number of nitrogens with two attached hydrogens (primary N) is 2. The van der Waals surface area contributed by atoms with E-state index in [1.165, 1.54) is 12.1 Å². The first-order valence-corrected chi connectivity index (χ1v) is 11.8. The Kier molecular flexibility index (Phi) is 8.34. The van der Waals surface area contributed by atoms with Crippen LogP contribution in [-0.2, 0) is 6.18 Å². The third-order valence-electron chi connectivity index (χ3n) is 6.02. The van der Waals surface area contributed by atoms with Crippen LogP contribution in [0.1, 0.15) is 35.8 Å². The van der Waals surface area contributed by atoms with Gasteiger partial charge in [0.15, 0.2) is 12.4 Å². The van der Waals surface area contributed by atoms with Crippen LogP contribution in [0.25, 0.3) is 17.2 Å². The molecular weight excluding hydrogens is 546 g/mol. The van der Waals surface area contributed by atoms with Crippen molar-refractivity contribution in [3.63, 3.8) is 0 Å². The fourth-order valence-corrected chi connectivity index (χ4v) is 4.25. The highest BCUT2D eigenvalue weighted by Crippen LogP contribution is 2.34. The molecule has 11 nitrogen and oxygen atoms in total. The molecule has 4 aromatic rings. The zero-order valence-electron chi connectivity index (χ0n) is 21.0. The molecule has 0 atom stereocenters. The number of aromatic nitrogens is 7. The third kappa shape index (κ3) is 6.71. The summed E-state index contributed by atoms with van der Waals surface area (Å²) in [7, 11) is 0. The van der Waals surface area contributed by atoms with Crippen LogP contribution in [0.15, 0.2) is 36.7 Å². The highest BCUT2D eigenvalue weighted by Gasteiger charge is 2.32. The summed E-state index contributed by atoms with van der Waals surface area (Å²) in [5.74, 6) is 8.97. The molecule has 1 fully saturated rings. The summed E-state index contributed by atoms with van der Waals surface area (Å²) in [6.07, 6.45) is -6.66. The molecule has 40 heavy (non-hydrogen) atoms. The Labute approximate surface area is 223 Å². The van der Waals surface area contributed by atoms with E-state index in [1.54, 1.807) is 10.7 Å². The maximum atomic E-state index is 13.2. The molecule has 1 saturated heterocycles. The second-order valence-corrected chi connectivity index (χ2v) is 8.80. The van der Waals surface area contributed by atoms with E-state index in [4.69, 9.17) is 4.74 Å². The summed E-state index contributed by atoms with van der Waals surface area (Å²) < 4.78 is 84.6. The number of piperidine rings is 1. The molecule has 3 aromatic heterocycles. The van der Waals surface area contributed by atoms with Crippen molar-refractivity contribution >= 4 is 11.6 Å². The van der Waals surface area contributed by atoms with Crippen LogP contribution in [0.5, 0.6) is 6.01 Å². The van der Waals surface area contributed by atoms with Gasteiger partial charge in [0, 0.05) is 36.3 Å². The molecule has 4 N–H and O–H groups in total. The summed E-state index contributed by atoms with van der Waals surface area (Å²) in [4.78, 5) is 18.7. The van der Waals surface area contributed by atoms with Gasteiger partial charge in [0.2, 0.25) is 0 Å². The number of fused-ring (bicyclic) bond motifs is 1. The number of rotatable bonds is 5. The van der Waals surface area contributed by atoms with Crippen molar-refractivity contribution in [1.29, 1.82) is 0 Å². The minimum Gasteiger partial charge on any atom is -0.454 e. The molecule has 1 aliphatic rings. The Morgan fingerprint density at radius 3 is 2.38 bits per heavy atom. The molecular formula is C23H24F6N10O. The predicted octanol–water partition coefficient (Wildman–Crippen LogP) is 3.45. The van der Waals surface area contributed by atoms with E-state index in [0.717, 1.165) is 23.6 Å². The van der Waals surface area contributed by atoms with Gasteiger partial charge in [-0.2, -0.15) is 36.3 Å². The van der Waals surface area contributed by atoms with Crippen molar-refractivity contribution in [1.82, 2.24) is 34.5 Å². The average molecular weight is 571 g/mol. The van der Waals surface area contributed by atoms with Gasteiger partial charge in [-0.3, -0.25) is 16.1 Å². The minimum absolute atomic E-state index is 0.0139. The molecule has 0 radical (unpaired) electrons. The van der Waals surface area contributed by atoms with Gasteiger partial charge in [0.25, 0.3) is 5.78 Å². The number of nitrogens with zero attached hydrogens (tertiary/aromatic N) is 8. The van der Waals surface area contributed by atoms with Gasteiger partial charge in [-0.1, -0.05) is 12.1 Å². The van der Waals surface area contributed by atoms with Gasteiger partial charge in [0.05, 0.1) is 5.56 Å². The molecule has 0 bridgehead atoms. The standard InChI is InChI=1S/C23H20F6N8O.H4N2/c1-13-9-17(37-12-30-35-20(37)31-13)36-7-5-14(6-8-36)18-32-19(34-21(33-18)38-11-22(24,25)26)15-3-2-4-16(10-15)23(27,28)29;1-2/h2-4,9-10,12,14H,5-8,11H2,1H3;1-2H2. The van der Waals surface area contributed by atoms with Crippen molar-refractivity contribution in [3.8, 4) is 17.4 Å². The molecule has 0 aliphatic carbocycles. The molecule has 0 unspecified atom stereocenters. The Hall–Kier alpha value is -4.12. The maximum absolute atomic E-state index is 13.2. The van der Waals surface area contributed by atoms with Crippen LogP contribution in [0.3, 0.4) is 0 Å². The molecule has 214 valence electrons. The number of anilines is 1. The lowest BCUT2D eigenvalue weighted by molar-refractivity contribution is -0.154. The smallest absolute Gasteiger partial charge is 0.422 e. The van der Waals surface area contributed by atoms with Gasteiger partial charge < -0.3 is 9.64 Å². The van der Waals surface area contributed by atoms with Crippen LogP contribution >= 0.6 is 0 Å². The van der Waals surface area contributed by atoms with E-state index in [1.807, 2.05) is 13.0 Å². The van der Waals surface area contributed by atoms with Crippen LogP contribution in [-0.4, -0.2) is 60.4 Å². The molecule has 0 saturated carbocycles. The molecule has 5 rings (SSSR count). The highest BCUT2D eigenvalue weighted by molar-refractivity contribution is 5.57. The van der Waals surface area contributed by atoms with Crippen LogP contribution < -0.4 is 21.3 Å². The van der Waals surface area contributed by atoms with Gasteiger partial charge >= 0.3 is 18.4 Å². The number of halogens is 6. The molecule has 0 amide bonds. The molecule has 17 heteroatoms. The SMILES string of the molecule is Cc1cc(N2CCC(c3nc(OCC(F)(F)F)nc(-c4cccc(C(F)(F)F)c4)n3)CC2)n2cnnc2n1.NN. The number of hydrazine groups is 1. The maximum Gasteiger partial charge on any atom is 0.422 e. The zero-order chi connectivity index (χ0) is 29.1. The lowest BCUT2D eigenvalue weighted by atomic mass is 9.96. The van der Waals surface area contributed by atoms with Crippen LogP contribution in [0, 0.1) is 6.92 Å². The number of benzene rings is 1. The van der Waals surface area contributed by atoms with Crippen molar-refractivity contribution in [2.24, 2.45) is 11.7 Å². The topological polar surface area (TPSA) is 146 Å². The molecule has 0 spiro atoms. The molecule has 1 aromatic carbocycles. The summed E-state index contributed by atoms with van der Waals surface area (Å²) in [6.45, 7) is 1.29. The lowest BCUT2D eigenvalue weighted by Crippen LogP contribution is -2.34. The summed E-state index contributed by atoms with van der Waals surface area (Å²) >= 11 is 0. The number of ether oxygens (including phenoxy) is 1. The van der Waals surface area contributed by atoms with Crippen LogP contribution in [0.2, 0.25) is 0 Å². The van der Waals surface area contributed by atoms with Gasteiger partial charge in [-0.05, 0) is 31.9 Å². The normalized spacial score (nSPS) is 14.7. The Bertz CT molecular complexity index is 1450. The summed E-state index contributed by atoms with van der Waals surface area (Å²) in [6, 6.07) is 5.55. The van der Waals surface area contributed by atoms with Gasteiger partial charge in [-0.25, -0.2) is 9.97 Å². The Balaban J connectivity index is 0.00000181. The molecule has 1 aliphatic heterocycles. The third-order valence-corrected chi connectivity index (χ3v) is 6.02. The van der Waals surface area contributed by atoms with Crippen LogP contribution in [0.4, 0.5) is 32.2 Å². The van der Waals surface area contributed by atoms with E-state index in [-0.39, 0.29) is 23.1 Å². The Morgan fingerprint density at radius 1 is 0.975 bits per heavy atom. The fraction of sp³-hybridized carbons (Fsp3) is 0.391. The predicted molar refractivity (Wildman–Crippen MR) is 130 cm³/mol. The van der Waals surface area contributed by atoms with E-state index in [2.05, 4.69) is 46.7 Å². The van der Waals surface area contributed by atoms with Gasteiger partial charge in [-0.15, -0.1) is 10.2 Å². The van der Waals surface area contributed by atoms with Crippen molar-refractivity contribution in [3.05, 3.63) is 53.7 Å². The second-order valence-electron chi connectivity index (χ2n) is 8.80. The number of hydrogen-bond donors (Lipinski definition) is 2. The second kappa shape index (κ2) is 11.5. The zero-order valence-corrected chi connectivity index (χ0v) is 21.0. The van der Waals surface area contributed by atoms with E-state index in [0.29, 0.717) is 31.7 Å². The van der Waals surface area contributed by atoms with Crippen molar-refractivity contribution in [2.75, 3.05) is 24.6 Å². The monoisotopic (exact) mass is 570 g/mol. The average Bonchev–Trinajstić information content (AvgIpc) is 3.40. The summed E-state index contributed by atoms with van der Waals surface area (Å²) in [5.41, 5.74) is -0.187. The van der Waals surface area contributed by atoms with E-state index < -0.39 is 30.5 Å². The van der Waals surface area contributed by atoms with Crippen molar-refractivity contribution < 1.29 is 31.1 Å². The Morgan fingerprint density at radius 2 is 1.70 bits per heavy atom. The van der Waals surface area contributed by atoms with Gasteiger partial charge in [0.1, 0.15) is 18.0 Å². The van der Waals surface area contributed by atoms with E-state index in [9.17, 15) is 26.3 Å². The first-order valence-electron chi connectivity index (χ1n) is 11.8. The lowest BCUT2D eigenvalue weighted by Gasteiger charge is -2.33. The summed E-state index contributed by atoms with van der Waals surface area (Å²) in [5, 5.41) is 7.88. The van der Waals surface area contributed by atoms with E-state index >= 15 is 0 Å². The quantitative estimate of drug-likeness (QED) is 0.208. The number of alkyl halides is 6. The fourth-order valence-electron chi connectivity index (χ4n) is 4.25.